The molecule has 2 fully saturated rings. The summed E-state index contributed by atoms with van der Waals surface area (Å²) in [6.45, 7) is 6.85. The molecule has 0 aliphatic carbocycles. The zero-order valence-corrected chi connectivity index (χ0v) is 15.4. The lowest BCUT2D eigenvalue weighted by molar-refractivity contribution is 0.0784. The van der Waals surface area contributed by atoms with Gasteiger partial charge in [-0.05, 0) is 18.1 Å². The van der Waals surface area contributed by atoms with Gasteiger partial charge >= 0.3 is 0 Å². The van der Waals surface area contributed by atoms with Crippen molar-refractivity contribution < 1.29 is 9.18 Å². The molecule has 0 saturated carbocycles. The van der Waals surface area contributed by atoms with Gasteiger partial charge in [-0.2, -0.15) is 0 Å². The molecule has 4 rings (SSSR count). The molecule has 8 heteroatoms. The molecule has 3 heterocycles. The summed E-state index contributed by atoms with van der Waals surface area (Å²) in [4.78, 5) is 16.9. The topological polar surface area (TPSA) is 66.3 Å². The van der Waals surface area contributed by atoms with Crippen molar-refractivity contribution in [3.05, 3.63) is 47.5 Å². The second-order valence-electron chi connectivity index (χ2n) is 7.22. The number of rotatable bonds is 5. The lowest BCUT2D eigenvalue weighted by Gasteiger charge is -2.26. The van der Waals surface area contributed by atoms with Gasteiger partial charge in [-0.1, -0.05) is 23.4 Å². The monoisotopic (exact) mass is 372 g/mol. The SMILES string of the molecule is O=C(c1cn(CCN2CCNCC2)nn1)N1CC[C@@H](c2ccccc2F)C1. The first-order chi connectivity index (χ1) is 13.2. The Bertz CT molecular complexity index is 788. The Kier molecular flexibility index (Phi) is 5.45. The number of nitrogens with zero attached hydrogens (tertiary/aromatic N) is 5. The Morgan fingerprint density at radius 2 is 2.00 bits per heavy atom. The van der Waals surface area contributed by atoms with Crippen LogP contribution in [0.2, 0.25) is 0 Å². The van der Waals surface area contributed by atoms with Crippen LogP contribution in [0, 0.1) is 5.82 Å². The van der Waals surface area contributed by atoms with Crippen molar-refractivity contribution in [3.63, 3.8) is 0 Å². The van der Waals surface area contributed by atoms with E-state index in [-0.39, 0.29) is 17.6 Å². The van der Waals surface area contributed by atoms with E-state index in [9.17, 15) is 9.18 Å². The number of amides is 1. The van der Waals surface area contributed by atoms with Gasteiger partial charge in [-0.25, -0.2) is 4.39 Å². The normalized spacial score (nSPS) is 20.9. The van der Waals surface area contributed by atoms with Gasteiger partial charge in [0.25, 0.3) is 5.91 Å². The first kappa shape index (κ1) is 18.1. The fourth-order valence-corrected chi connectivity index (χ4v) is 3.85. The second-order valence-corrected chi connectivity index (χ2v) is 7.22. The molecule has 144 valence electrons. The smallest absolute Gasteiger partial charge is 0.276 e. The van der Waals surface area contributed by atoms with E-state index >= 15 is 0 Å². The summed E-state index contributed by atoms with van der Waals surface area (Å²) in [6.07, 6.45) is 2.49. The Balaban J connectivity index is 1.33. The fourth-order valence-electron chi connectivity index (χ4n) is 3.85. The minimum atomic E-state index is -0.198. The van der Waals surface area contributed by atoms with Crippen LogP contribution in [0.25, 0.3) is 0 Å². The van der Waals surface area contributed by atoms with Crippen molar-refractivity contribution in [2.75, 3.05) is 45.8 Å². The van der Waals surface area contributed by atoms with Crippen LogP contribution in [0.5, 0.6) is 0 Å². The zero-order valence-electron chi connectivity index (χ0n) is 15.4. The first-order valence-corrected chi connectivity index (χ1v) is 9.57. The minimum absolute atomic E-state index is 0.0397. The van der Waals surface area contributed by atoms with E-state index in [1.807, 2.05) is 6.07 Å². The van der Waals surface area contributed by atoms with Crippen LogP contribution in [-0.2, 0) is 6.54 Å². The van der Waals surface area contributed by atoms with E-state index in [4.69, 9.17) is 0 Å². The highest BCUT2D eigenvalue weighted by Crippen LogP contribution is 2.29. The molecular formula is C19H25FN6O. The molecule has 2 aromatic rings. The minimum Gasteiger partial charge on any atom is -0.337 e. The van der Waals surface area contributed by atoms with Gasteiger partial charge in [0.15, 0.2) is 5.69 Å². The summed E-state index contributed by atoms with van der Waals surface area (Å²) in [5, 5.41) is 11.5. The van der Waals surface area contributed by atoms with Crippen LogP contribution >= 0.6 is 0 Å². The molecular weight excluding hydrogens is 347 g/mol. The summed E-state index contributed by atoms with van der Waals surface area (Å²) in [5.41, 5.74) is 1.05. The molecule has 2 aliphatic heterocycles. The van der Waals surface area contributed by atoms with Crippen molar-refractivity contribution in [3.8, 4) is 0 Å². The lowest BCUT2D eigenvalue weighted by atomic mass is 9.98. The van der Waals surface area contributed by atoms with Crippen LogP contribution in [0.3, 0.4) is 0 Å². The third-order valence-corrected chi connectivity index (χ3v) is 5.43. The molecule has 0 radical (unpaired) electrons. The molecule has 1 amide bonds. The van der Waals surface area contributed by atoms with Crippen molar-refractivity contribution in [1.29, 1.82) is 0 Å². The molecule has 1 aromatic carbocycles. The van der Waals surface area contributed by atoms with Crippen molar-refractivity contribution in [1.82, 2.24) is 30.1 Å². The van der Waals surface area contributed by atoms with Crippen LogP contribution in [0.1, 0.15) is 28.4 Å². The molecule has 7 nitrogen and oxygen atoms in total. The van der Waals surface area contributed by atoms with Crippen molar-refractivity contribution in [2.45, 2.75) is 18.9 Å². The largest absolute Gasteiger partial charge is 0.337 e. The third-order valence-electron chi connectivity index (χ3n) is 5.43. The number of nitrogens with one attached hydrogen (secondary N) is 1. The highest BCUT2D eigenvalue weighted by Gasteiger charge is 2.30. The predicted molar refractivity (Wildman–Crippen MR) is 99.0 cm³/mol. The highest BCUT2D eigenvalue weighted by molar-refractivity contribution is 5.92. The molecule has 27 heavy (non-hydrogen) atoms. The number of hydrogen-bond donors (Lipinski definition) is 1. The van der Waals surface area contributed by atoms with E-state index in [0.717, 1.165) is 45.7 Å². The first-order valence-electron chi connectivity index (χ1n) is 9.57. The summed E-state index contributed by atoms with van der Waals surface area (Å²) < 4.78 is 15.7. The van der Waals surface area contributed by atoms with Crippen LogP contribution in [0.4, 0.5) is 4.39 Å². The number of hydrogen-bond acceptors (Lipinski definition) is 5. The van der Waals surface area contributed by atoms with Gasteiger partial charge in [-0.3, -0.25) is 14.4 Å². The number of likely N-dealkylation sites (tertiary alicyclic amines) is 1. The summed E-state index contributed by atoms with van der Waals surface area (Å²) in [7, 11) is 0. The van der Waals surface area contributed by atoms with Gasteiger partial charge in [0.1, 0.15) is 5.82 Å². The van der Waals surface area contributed by atoms with Gasteiger partial charge in [0.2, 0.25) is 0 Å². The lowest BCUT2D eigenvalue weighted by Crippen LogP contribution is -2.44. The standard InChI is InChI=1S/C19H25FN6O/c20-17-4-2-1-3-16(17)15-5-8-25(13-15)19(27)18-14-26(23-22-18)12-11-24-9-6-21-7-10-24/h1-4,14-15,21H,5-13H2/t15-/m1/s1. The van der Waals surface area contributed by atoms with Gasteiger partial charge in [-0.15, -0.1) is 5.10 Å². The van der Waals surface area contributed by atoms with E-state index in [0.29, 0.717) is 24.3 Å². The van der Waals surface area contributed by atoms with E-state index in [1.165, 1.54) is 6.07 Å². The maximum absolute atomic E-state index is 14.0. The Morgan fingerprint density at radius 3 is 2.81 bits per heavy atom. The number of piperazine rings is 1. The van der Waals surface area contributed by atoms with E-state index < -0.39 is 0 Å². The highest BCUT2D eigenvalue weighted by atomic mass is 19.1. The number of carbonyl (C=O) groups excluding carboxylic acids is 1. The van der Waals surface area contributed by atoms with Gasteiger partial charge in [0.05, 0.1) is 12.7 Å². The second kappa shape index (κ2) is 8.14. The van der Waals surface area contributed by atoms with Gasteiger partial charge in [0, 0.05) is 51.7 Å². The van der Waals surface area contributed by atoms with Gasteiger partial charge < -0.3 is 10.2 Å². The maximum Gasteiger partial charge on any atom is 0.276 e. The summed E-state index contributed by atoms with van der Waals surface area (Å²) in [5.74, 6) is -0.282. The summed E-state index contributed by atoms with van der Waals surface area (Å²) >= 11 is 0. The number of aromatic nitrogens is 3. The predicted octanol–water partition coefficient (Wildman–Crippen LogP) is 0.952. The molecule has 0 unspecified atom stereocenters. The number of benzene rings is 1. The molecule has 2 saturated heterocycles. The molecule has 1 N–H and O–H groups in total. The Hall–Kier alpha value is -2.32. The number of carbonyl (C=O) groups is 1. The third kappa shape index (κ3) is 4.17. The quantitative estimate of drug-likeness (QED) is 0.847. The zero-order chi connectivity index (χ0) is 18.6. The molecule has 0 spiro atoms. The fraction of sp³-hybridized carbons (Fsp3) is 0.526. The van der Waals surface area contributed by atoms with Crippen LogP contribution in [-0.4, -0.2) is 76.5 Å². The van der Waals surface area contributed by atoms with Crippen molar-refractivity contribution in [2.24, 2.45) is 0 Å². The van der Waals surface area contributed by atoms with Crippen molar-refractivity contribution >= 4 is 5.91 Å². The summed E-state index contributed by atoms with van der Waals surface area (Å²) in [6, 6.07) is 6.81. The Morgan fingerprint density at radius 1 is 1.19 bits per heavy atom. The molecule has 2 aliphatic rings. The number of halogens is 1. The molecule has 0 bridgehead atoms. The van der Waals surface area contributed by atoms with Crippen LogP contribution < -0.4 is 5.32 Å². The van der Waals surface area contributed by atoms with E-state index in [2.05, 4.69) is 20.5 Å². The van der Waals surface area contributed by atoms with Crippen LogP contribution in [0.15, 0.2) is 30.5 Å². The maximum atomic E-state index is 14.0. The molecule has 1 atom stereocenters. The molecule has 1 aromatic heterocycles. The average molecular weight is 372 g/mol. The average Bonchev–Trinajstić information content (AvgIpc) is 3.37. The Labute approximate surface area is 158 Å². The van der Waals surface area contributed by atoms with E-state index in [1.54, 1.807) is 27.9 Å².